The van der Waals surface area contributed by atoms with E-state index in [1.165, 1.54) is 6.07 Å². The quantitative estimate of drug-likeness (QED) is 0.776. The lowest BCUT2D eigenvalue weighted by Crippen LogP contribution is -1.94. The maximum Gasteiger partial charge on any atom is 0.159 e. The Bertz CT molecular complexity index is 751. The van der Waals surface area contributed by atoms with Crippen molar-refractivity contribution in [2.45, 2.75) is 0 Å². The molecule has 0 saturated heterocycles. The summed E-state index contributed by atoms with van der Waals surface area (Å²) in [6, 6.07) is 13.0. The Morgan fingerprint density at radius 1 is 0.950 bits per heavy atom. The summed E-state index contributed by atoms with van der Waals surface area (Å²) >= 11 is 0. The lowest BCUT2D eigenvalue weighted by molar-refractivity contribution is 0.509. The molecule has 0 atom stereocenters. The highest BCUT2D eigenvalue weighted by Crippen LogP contribution is 2.26. The van der Waals surface area contributed by atoms with Crippen molar-refractivity contribution in [2.75, 3.05) is 5.73 Å². The van der Waals surface area contributed by atoms with Gasteiger partial charge in [0, 0.05) is 5.56 Å². The third-order valence-electron chi connectivity index (χ3n) is 2.96. The molecule has 0 saturated carbocycles. The van der Waals surface area contributed by atoms with Gasteiger partial charge in [-0.15, -0.1) is 0 Å². The Hall–Kier alpha value is -2.69. The summed E-state index contributed by atoms with van der Waals surface area (Å²) in [5, 5.41) is 4.32. The standard InChI is InChI=1S/C15H11F2N3/c16-12-7-6-10(8-13(12)17)15-14(18)9-20(19-15)11-4-2-1-3-5-11/h1-9H,18H2. The minimum atomic E-state index is -0.920. The van der Waals surface area contributed by atoms with E-state index in [1.54, 1.807) is 10.9 Å². The van der Waals surface area contributed by atoms with Crippen LogP contribution in [0.1, 0.15) is 0 Å². The number of hydrogen-bond acceptors (Lipinski definition) is 2. The summed E-state index contributed by atoms with van der Waals surface area (Å²) in [4.78, 5) is 0. The molecule has 5 heteroatoms. The Kier molecular flexibility index (Phi) is 2.95. The zero-order valence-corrected chi connectivity index (χ0v) is 10.4. The Balaban J connectivity index is 2.07. The molecule has 1 heterocycles. The lowest BCUT2D eigenvalue weighted by Gasteiger charge is -2.01. The van der Waals surface area contributed by atoms with Gasteiger partial charge in [0.2, 0.25) is 0 Å². The van der Waals surface area contributed by atoms with Gasteiger partial charge in [-0.05, 0) is 30.3 Å². The average molecular weight is 271 g/mol. The molecule has 2 aromatic carbocycles. The molecule has 20 heavy (non-hydrogen) atoms. The number of rotatable bonds is 2. The molecule has 0 aliphatic rings. The summed E-state index contributed by atoms with van der Waals surface area (Å²) in [5.41, 5.74) is 8.01. The minimum Gasteiger partial charge on any atom is -0.396 e. The van der Waals surface area contributed by atoms with Crippen molar-refractivity contribution < 1.29 is 8.78 Å². The maximum atomic E-state index is 13.3. The molecule has 0 radical (unpaired) electrons. The van der Waals surface area contributed by atoms with Crippen molar-refractivity contribution in [3.63, 3.8) is 0 Å². The maximum absolute atomic E-state index is 13.3. The normalized spacial score (nSPS) is 10.7. The van der Waals surface area contributed by atoms with Gasteiger partial charge in [-0.25, -0.2) is 13.5 Å². The molecule has 3 aromatic rings. The van der Waals surface area contributed by atoms with E-state index >= 15 is 0 Å². The number of nitrogen functional groups attached to an aromatic ring is 1. The second kappa shape index (κ2) is 4.77. The van der Waals surface area contributed by atoms with E-state index in [1.807, 2.05) is 30.3 Å². The highest BCUT2D eigenvalue weighted by atomic mass is 19.2. The number of nitrogens with zero attached hydrogens (tertiary/aromatic N) is 2. The first-order valence-corrected chi connectivity index (χ1v) is 6.01. The molecule has 0 amide bonds. The SMILES string of the molecule is Nc1cn(-c2ccccc2)nc1-c1ccc(F)c(F)c1. The van der Waals surface area contributed by atoms with Gasteiger partial charge in [-0.2, -0.15) is 5.10 Å². The molecule has 2 N–H and O–H groups in total. The van der Waals surface area contributed by atoms with Crippen molar-refractivity contribution in [1.82, 2.24) is 9.78 Å². The highest BCUT2D eigenvalue weighted by Gasteiger charge is 2.12. The van der Waals surface area contributed by atoms with Gasteiger partial charge in [0.25, 0.3) is 0 Å². The van der Waals surface area contributed by atoms with Crippen LogP contribution in [0.5, 0.6) is 0 Å². The van der Waals surface area contributed by atoms with E-state index in [0.29, 0.717) is 16.9 Å². The Morgan fingerprint density at radius 2 is 1.70 bits per heavy atom. The smallest absolute Gasteiger partial charge is 0.159 e. The molecule has 3 nitrogen and oxygen atoms in total. The molecule has 0 bridgehead atoms. The van der Waals surface area contributed by atoms with E-state index in [-0.39, 0.29) is 0 Å². The van der Waals surface area contributed by atoms with Crippen LogP contribution in [0.25, 0.3) is 16.9 Å². The summed E-state index contributed by atoms with van der Waals surface area (Å²) in [5.74, 6) is -1.81. The largest absolute Gasteiger partial charge is 0.396 e. The van der Waals surface area contributed by atoms with Gasteiger partial charge in [-0.1, -0.05) is 18.2 Å². The van der Waals surface area contributed by atoms with Crippen LogP contribution in [-0.2, 0) is 0 Å². The zero-order chi connectivity index (χ0) is 14.1. The van der Waals surface area contributed by atoms with Crippen LogP contribution in [0.15, 0.2) is 54.7 Å². The van der Waals surface area contributed by atoms with Gasteiger partial charge in [0.1, 0.15) is 5.69 Å². The second-order valence-corrected chi connectivity index (χ2v) is 4.34. The van der Waals surface area contributed by atoms with E-state index < -0.39 is 11.6 Å². The average Bonchev–Trinajstić information content (AvgIpc) is 2.85. The fourth-order valence-electron chi connectivity index (χ4n) is 1.97. The van der Waals surface area contributed by atoms with Crippen LogP contribution in [0.2, 0.25) is 0 Å². The molecular weight excluding hydrogens is 260 g/mol. The van der Waals surface area contributed by atoms with E-state index in [4.69, 9.17) is 5.73 Å². The van der Waals surface area contributed by atoms with Crippen LogP contribution in [-0.4, -0.2) is 9.78 Å². The van der Waals surface area contributed by atoms with Crippen molar-refractivity contribution in [2.24, 2.45) is 0 Å². The number of benzene rings is 2. The molecule has 0 fully saturated rings. The molecule has 0 aliphatic heterocycles. The number of aromatic nitrogens is 2. The first-order chi connectivity index (χ1) is 9.65. The van der Waals surface area contributed by atoms with Crippen molar-refractivity contribution in [1.29, 1.82) is 0 Å². The van der Waals surface area contributed by atoms with Gasteiger partial charge in [-0.3, -0.25) is 0 Å². The van der Waals surface area contributed by atoms with Crippen LogP contribution in [0.3, 0.4) is 0 Å². The summed E-state index contributed by atoms with van der Waals surface area (Å²) in [6.45, 7) is 0. The van der Waals surface area contributed by atoms with E-state index in [2.05, 4.69) is 5.10 Å². The van der Waals surface area contributed by atoms with E-state index in [9.17, 15) is 8.78 Å². The van der Waals surface area contributed by atoms with Crippen LogP contribution < -0.4 is 5.73 Å². The third kappa shape index (κ3) is 2.14. The predicted molar refractivity (Wildman–Crippen MR) is 73.3 cm³/mol. The number of hydrogen-bond donors (Lipinski definition) is 1. The number of para-hydroxylation sites is 1. The Morgan fingerprint density at radius 3 is 2.40 bits per heavy atom. The van der Waals surface area contributed by atoms with Crippen LogP contribution in [0, 0.1) is 11.6 Å². The lowest BCUT2D eigenvalue weighted by atomic mass is 10.1. The summed E-state index contributed by atoms with van der Waals surface area (Å²) < 4.78 is 27.8. The fraction of sp³-hybridized carbons (Fsp3) is 0. The van der Waals surface area contributed by atoms with Gasteiger partial charge in [0.05, 0.1) is 17.6 Å². The highest BCUT2D eigenvalue weighted by molar-refractivity contribution is 5.72. The zero-order valence-electron chi connectivity index (χ0n) is 10.4. The predicted octanol–water partition coefficient (Wildman–Crippen LogP) is 3.40. The van der Waals surface area contributed by atoms with Crippen molar-refractivity contribution in [3.05, 3.63) is 66.4 Å². The minimum absolute atomic E-state index is 0.403. The number of anilines is 1. The van der Waals surface area contributed by atoms with Crippen LogP contribution in [0.4, 0.5) is 14.5 Å². The molecule has 0 aliphatic carbocycles. The fourth-order valence-corrected chi connectivity index (χ4v) is 1.97. The number of halogens is 2. The number of nitrogens with two attached hydrogens (primary N) is 1. The van der Waals surface area contributed by atoms with Crippen molar-refractivity contribution in [3.8, 4) is 16.9 Å². The molecule has 100 valence electrons. The topological polar surface area (TPSA) is 43.8 Å². The van der Waals surface area contributed by atoms with Gasteiger partial charge >= 0.3 is 0 Å². The first-order valence-electron chi connectivity index (χ1n) is 6.01. The molecule has 0 spiro atoms. The second-order valence-electron chi connectivity index (χ2n) is 4.34. The van der Waals surface area contributed by atoms with Gasteiger partial charge < -0.3 is 5.73 Å². The summed E-state index contributed by atoms with van der Waals surface area (Å²) in [6.07, 6.45) is 1.64. The third-order valence-corrected chi connectivity index (χ3v) is 2.96. The van der Waals surface area contributed by atoms with E-state index in [0.717, 1.165) is 17.8 Å². The molecular formula is C15H11F2N3. The summed E-state index contributed by atoms with van der Waals surface area (Å²) in [7, 11) is 0. The Labute approximate surface area is 114 Å². The molecule has 0 unspecified atom stereocenters. The van der Waals surface area contributed by atoms with Crippen molar-refractivity contribution >= 4 is 5.69 Å². The van der Waals surface area contributed by atoms with Gasteiger partial charge in [0.15, 0.2) is 11.6 Å². The first kappa shape index (κ1) is 12.3. The monoisotopic (exact) mass is 271 g/mol. The molecule has 1 aromatic heterocycles. The van der Waals surface area contributed by atoms with Crippen LogP contribution >= 0.6 is 0 Å². The molecule has 3 rings (SSSR count).